The second-order valence-electron chi connectivity index (χ2n) is 8.14. The summed E-state index contributed by atoms with van der Waals surface area (Å²) in [4.78, 5) is 38.9. The number of hydrogen-bond acceptors (Lipinski definition) is 8. The molecule has 38 heavy (non-hydrogen) atoms. The normalized spacial score (nSPS) is 20.8. The standard InChI is InChI=1S/C27H21Cl3O8/c1-34-27-23(38-26(33)17-6-12-20(30)13-7-17)22(37-25(32)16-4-10-19(29)11-5-16)21(14-35-27)36-24(31)15-2-8-18(28)9-3-15/h2-13,21-23,27H,14H2,1H3/t21-,22-,23+,27-/m0/s1. The van der Waals surface area contributed by atoms with E-state index < -0.39 is 42.5 Å². The van der Waals surface area contributed by atoms with E-state index in [0.717, 1.165) is 0 Å². The summed E-state index contributed by atoms with van der Waals surface area (Å²) in [5.41, 5.74) is 0.577. The molecule has 0 N–H and O–H groups in total. The largest absolute Gasteiger partial charge is 0.452 e. The Kier molecular flexibility index (Phi) is 9.25. The molecule has 1 heterocycles. The summed E-state index contributed by atoms with van der Waals surface area (Å²) in [6.07, 6.45) is -4.86. The lowest BCUT2D eigenvalue weighted by atomic mass is 10.0. The van der Waals surface area contributed by atoms with Crippen molar-refractivity contribution in [1.82, 2.24) is 0 Å². The van der Waals surface area contributed by atoms with Gasteiger partial charge in [-0.15, -0.1) is 0 Å². The number of rotatable bonds is 7. The van der Waals surface area contributed by atoms with Crippen molar-refractivity contribution in [3.8, 4) is 0 Å². The average molecular weight is 580 g/mol. The van der Waals surface area contributed by atoms with Crippen molar-refractivity contribution >= 4 is 52.7 Å². The van der Waals surface area contributed by atoms with Gasteiger partial charge in [0.2, 0.25) is 0 Å². The molecule has 1 aliphatic rings. The molecule has 3 aromatic rings. The highest BCUT2D eigenvalue weighted by Gasteiger charge is 2.48. The number of hydrogen-bond donors (Lipinski definition) is 0. The van der Waals surface area contributed by atoms with Crippen LogP contribution >= 0.6 is 34.8 Å². The Bertz CT molecular complexity index is 1280. The van der Waals surface area contributed by atoms with E-state index in [1.807, 2.05) is 0 Å². The number of ether oxygens (including phenoxy) is 5. The van der Waals surface area contributed by atoms with E-state index in [0.29, 0.717) is 15.1 Å². The molecule has 0 amide bonds. The van der Waals surface area contributed by atoms with Crippen molar-refractivity contribution in [2.75, 3.05) is 13.7 Å². The van der Waals surface area contributed by atoms with E-state index in [1.165, 1.54) is 79.9 Å². The Morgan fingerprint density at radius 3 is 1.39 bits per heavy atom. The van der Waals surface area contributed by atoms with Crippen LogP contribution in [0.1, 0.15) is 31.1 Å². The highest BCUT2D eigenvalue weighted by Crippen LogP contribution is 2.27. The molecular weight excluding hydrogens is 559 g/mol. The Morgan fingerprint density at radius 1 is 0.632 bits per heavy atom. The molecule has 1 aliphatic heterocycles. The number of benzene rings is 3. The lowest BCUT2D eigenvalue weighted by Gasteiger charge is -2.40. The molecule has 0 unspecified atom stereocenters. The van der Waals surface area contributed by atoms with Gasteiger partial charge in [0, 0.05) is 22.2 Å². The maximum atomic E-state index is 13.0. The third-order valence-corrected chi connectivity index (χ3v) is 6.36. The Balaban J connectivity index is 1.62. The molecule has 1 saturated heterocycles. The Labute approximate surface area is 233 Å². The summed E-state index contributed by atoms with van der Waals surface area (Å²) < 4.78 is 28.1. The molecule has 0 bridgehead atoms. The van der Waals surface area contributed by atoms with Crippen LogP contribution in [0.15, 0.2) is 72.8 Å². The van der Waals surface area contributed by atoms with Crippen LogP contribution in [0.5, 0.6) is 0 Å². The Hall–Kier alpha value is -3.14. The van der Waals surface area contributed by atoms with Crippen molar-refractivity contribution in [3.63, 3.8) is 0 Å². The first-order valence-corrected chi connectivity index (χ1v) is 12.4. The highest BCUT2D eigenvalue weighted by atomic mass is 35.5. The molecule has 0 saturated carbocycles. The lowest BCUT2D eigenvalue weighted by Crippen LogP contribution is -2.58. The van der Waals surface area contributed by atoms with E-state index in [2.05, 4.69) is 0 Å². The summed E-state index contributed by atoms with van der Waals surface area (Å²) in [6.45, 7) is -0.203. The highest BCUT2D eigenvalue weighted by molar-refractivity contribution is 6.31. The van der Waals surface area contributed by atoms with Crippen LogP contribution < -0.4 is 0 Å². The molecular formula is C27H21Cl3O8. The summed E-state index contributed by atoms with van der Waals surface area (Å²) >= 11 is 17.7. The van der Waals surface area contributed by atoms with Gasteiger partial charge in [-0.25, -0.2) is 14.4 Å². The summed E-state index contributed by atoms with van der Waals surface area (Å²) in [6, 6.07) is 18.0. The van der Waals surface area contributed by atoms with Gasteiger partial charge < -0.3 is 23.7 Å². The van der Waals surface area contributed by atoms with Crippen LogP contribution in [0.3, 0.4) is 0 Å². The van der Waals surface area contributed by atoms with Gasteiger partial charge in [0.05, 0.1) is 23.3 Å². The zero-order valence-corrected chi connectivity index (χ0v) is 22.1. The second-order valence-corrected chi connectivity index (χ2v) is 9.45. The van der Waals surface area contributed by atoms with Crippen molar-refractivity contribution in [1.29, 1.82) is 0 Å². The third kappa shape index (κ3) is 6.83. The second kappa shape index (κ2) is 12.6. The van der Waals surface area contributed by atoms with E-state index in [4.69, 9.17) is 58.5 Å². The van der Waals surface area contributed by atoms with Crippen molar-refractivity contribution in [2.24, 2.45) is 0 Å². The average Bonchev–Trinajstić information content (AvgIpc) is 2.91. The van der Waals surface area contributed by atoms with Crippen LogP contribution in [0.2, 0.25) is 15.1 Å². The van der Waals surface area contributed by atoms with E-state index in [1.54, 1.807) is 0 Å². The molecule has 0 aromatic heterocycles. The number of methoxy groups -OCH3 is 1. The van der Waals surface area contributed by atoms with Gasteiger partial charge in [-0.1, -0.05) is 34.8 Å². The molecule has 0 aliphatic carbocycles. The van der Waals surface area contributed by atoms with Crippen LogP contribution in [0, 0.1) is 0 Å². The van der Waals surface area contributed by atoms with Gasteiger partial charge in [0.1, 0.15) is 0 Å². The van der Waals surface area contributed by atoms with Gasteiger partial charge in [-0.2, -0.15) is 0 Å². The fourth-order valence-electron chi connectivity index (χ4n) is 3.66. The van der Waals surface area contributed by atoms with Crippen LogP contribution in [-0.4, -0.2) is 56.2 Å². The SMILES string of the molecule is CO[C@H]1OC[C@H](OC(=O)c2ccc(Cl)cc2)[C@H](OC(=O)c2ccc(Cl)cc2)[C@H]1OC(=O)c1ccc(Cl)cc1. The first-order valence-electron chi connectivity index (χ1n) is 11.3. The van der Waals surface area contributed by atoms with Gasteiger partial charge in [0.15, 0.2) is 24.6 Å². The minimum absolute atomic E-state index is 0.181. The predicted molar refractivity (Wildman–Crippen MR) is 139 cm³/mol. The first-order chi connectivity index (χ1) is 18.2. The van der Waals surface area contributed by atoms with Gasteiger partial charge in [-0.05, 0) is 72.8 Å². The number of carbonyl (C=O) groups is 3. The van der Waals surface area contributed by atoms with E-state index >= 15 is 0 Å². The van der Waals surface area contributed by atoms with Crippen LogP contribution in [-0.2, 0) is 23.7 Å². The van der Waals surface area contributed by atoms with Gasteiger partial charge >= 0.3 is 17.9 Å². The molecule has 0 spiro atoms. The van der Waals surface area contributed by atoms with Crippen molar-refractivity contribution in [2.45, 2.75) is 24.6 Å². The summed E-state index contributed by atoms with van der Waals surface area (Å²) in [7, 11) is 1.34. The molecule has 8 nitrogen and oxygen atoms in total. The molecule has 198 valence electrons. The molecule has 4 rings (SSSR count). The molecule has 1 fully saturated rings. The van der Waals surface area contributed by atoms with Crippen molar-refractivity contribution < 1.29 is 38.1 Å². The molecule has 3 aromatic carbocycles. The zero-order chi connectivity index (χ0) is 27.2. The predicted octanol–water partition coefficient (Wildman–Crippen LogP) is 5.63. The topological polar surface area (TPSA) is 97.4 Å². The lowest BCUT2D eigenvalue weighted by molar-refractivity contribution is -0.260. The maximum Gasteiger partial charge on any atom is 0.338 e. The quantitative estimate of drug-likeness (QED) is 0.263. The van der Waals surface area contributed by atoms with E-state index in [9.17, 15) is 14.4 Å². The number of halogens is 3. The van der Waals surface area contributed by atoms with Gasteiger partial charge in [-0.3, -0.25) is 0 Å². The van der Waals surface area contributed by atoms with Crippen LogP contribution in [0.25, 0.3) is 0 Å². The van der Waals surface area contributed by atoms with Crippen LogP contribution in [0.4, 0.5) is 0 Å². The zero-order valence-electron chi connectivity index (χ0n) is 19.8. The fraction of sp³-hybridized carbons (Fsp3) is 0.222. The minimum atomic E-state index is -1.30. The van der Waals surface area contributed by atoms with Crippen molar-refractivity contribution in [3.05, 3.63) is 105 Å². The van der Waals surface area contributed by atoms with Gasteiger partial charge in [0.25, 0.3) is 0 Å². The summed E-state index contributed by atoms with van der Waals surface area (Å²) in [5.74, 6) is -2.24. The maximum absolute atomic E-state index is 13.0. The Morgan fingerprint density at radius 2 is 1.00 bits per heavy atom. The molecule has 11 heteroatoms. The fourth-order valence-corrected chi connectivity index (χ4v) is 4.04. The summed E-state index contributed by atoms with van der Waals surface area (Å²) in [5, 5.41) is 1.30. The number of esters is 3. The first kappa shape index (κ1) is 27.9. The monoisotopic (exact) mass is 578 g/mol. The third-order valence-electron chi connectivity index (χ3n) is 5.60. The number of carbonyl (C=O) groups excluding carboxylic acids is 3. The smallest absolute Gasteiger partial charge is 0.338 e. The van der Waals surface area contributed by atoms with E-state index in [-0.39, 0.29) is 23.3 Å². The molecule has 4 atom stereocenters. The molecule has 0 radical (unpaired) electrons. The minimum Gasteiger partial charge on any atom is -0.452 e.